The molecule has 2 amide bonds. The Labute approximate surface area is 212 Å². The summed E-state index contributed by atoms with van der Waals surface area (Å²) in [5.74, 6) is -2.12. The molecule has 2 aliphatic rings. The van der Waals surface area contributed by atoms with Crippen LogP contribution in [0.3, 0.4) is 0 Å². The number of pyridine rings is 1. The molecule has 1 N–H and O–H groups in total. The van der Waals surface area contributed by atoms with Crippen molar-refractivity contribution in [2.75, 3.05) is 36.0 Å². The maximum Gasteiger partial charge on any atom is 0.414 e. The van der Waals surface area contributed by atoms with Gasteiger partial charge in [-0.1, -0.05) is 0 Å². The minimum atomic E-state index is -3.19. The summed E-state index contributed by atoms with van der Waals surface area (Å²) in [6.45, 7) is 0.396. The van der Waals surface area contributed by atoms with Crippen LogP contribution in [0.25, 0.3) is 5.69 Å². The zero-order chi connectivity index (χ0) is 27.0. The maximum atomic E-state index is 15.2. The van der Waals surface area contributed by atoms with Crippen LogP contribution >= 0.6 is 0 Å². The fourth-order valence-electron chi connectivity index (χ4n) is 4.50. The van der Waals surface area contributed by atoms with Gasteiger partial charge in [0, 0.05) is 25.5 Å². The Hall–Kier alpha value is -4.56. The van der Waals surface area contributed by atoms with Gasteiger partial charge in [0.1, 0.15) is 11.9 Å². The molecule has 15 heteroatoms. The first-order valence-electron chi connectivity index (χ1n) is 11.7. The number of halogens is 3. The van der Waals surface area contributed by atoms with Gasteiger partial charge in [0.25, 0.3) is 5.91 Å². The Morgan fingerprint density at radius 3 is 2.26 bits per heavy atom. The van der Waals surface area contributed by atoms with Crippen molar-refractivity contribution in [3.8, 4) is 5.69 Å². The molecule has 3 aromatic rings. The number of cyclic esters (lactones) is 1. The number of hydrogen-bond donors (Lipinski definition) is 1. The lowest BCUT2D eigenvalue weighted by Crippen LogP contribution is -2.37. The number of hydrogen-bond acceptors (Lipinski definition) is 7. The molecule has 0 bridgehead atoms. The van der Waals surface area contributed by atoms with Crippen molar-refractivity contribution in [1.82, 2.24) is 24.2 Å². The van der Waals surface area contributed by atoms with Gasteiger partial charge in [-0.25, -0.2) is 32.7 Å². The Balaban J connectivity index is 1.29. The predicted octanol–water partition coefficient (Wildman–Crippen LogP) is 0.561. The van der Waals surface area contributed by atoms with Gasteiger partial charge in [0.15, 0.2) is 0 Å². The number of carbonyl (C=O) groups is 2. The van der Waals surface area contributed by atoms with Crippen molar-refractivity contribution in [2.24, 2.45) is 0 Å². The van der Waals surface area contributed by atoms with Crippen molar-refractivity contribution in [1.29, 1.82) is 0 Å². The molecule has 4 heterocycles. The molecule has 2 aliphatic heterocycles. The zero-order valence-electron chi connectivity index (χ0n) is 19.8. The lowest BCUT2D eigenvalue weighted by atomic mass is 10.2. The van der Waals surface area contributed by atoms with Crippen LogP contribution in [-0.2, 0) is 22.6 Å². The summed E-state index contributed by atoms with van der Waals surface area (Å²) in [5, 5.41) is 1.99. The number of amides is 2. The van der Waals surface area contributed by atoms with Crippen LogP contribution in [-0.4, -0.2) is 69.6 Å². The monoisotopic (exact) mass is 533 g/mol. The van der Waals surface area contributed by atoms with Crippen LogP contribution in [0.5, 0.6) is 0 Å². The molecule has 0 radical (unpaired) electrons. The quantitative estimate of drug-likeness (QED) is 0.491. The van der Waals surface area contributed by atoms with E-state index in [1.54, 1.807) is 17.0 Å². The summed E-state index contributed by atoms with van der Waals surface area (Å²) < 4.78 is 48.7. The third-order valence-corrected chi connectivity index (χ3v) is 6.36. The summed E-state index contributed by atoms with van der Waals surface area (Å²) in [6, 6.07) is 7.25. The first-order chi connectivity index (χ1) is 18.2. The van der Waals surface area contributed by atoms with Gasteiger partial charge in [-0.2, -0.15) is 8.78 Å². The lowest BCUT2D eigenvalue weighted by molar-refractivity contribution is -0.132. The molecule has 0 saturated carbocycles. The minimum Gasteiger partial charge on any atom is -0.442 e. The Kier molecular flexibility index (Phi) is 6.65. The van der Waals surface area contributed by atoms with Crippen LogP contribution in [0.15, 0.2) is 52.3 Å². The van der Waals surface area contributed by atoms with Crippen LogP contribution in [0, 0.1) is 5.82 Å². The molecule has 12 nitrogen and oxygen atoms in total. The number of nitrogens with zero attached hydrogens (tertiary/aromatic N) is 6. The van der Waals surface area contributed by atoms with Gasteiger partial charge >= 0.3 is 23.9 Å². The number of ether oxygens (including phenoxy) is 1. The van der Waals surface area contributed by atoms with E-state index in [2.05, 4.69) is 4.98 Å². The number of nitrogens with one attached hydrogen (secondary N) is 1. The molecule has 1 unspecified atom stereocenters. The van der Waals surface area contributed by atoms with E-state index in [1.165, 1.54) is 33.9 Å². The SMILES string of the molecule is O=C(NCC1CN(c2ccc(N3CCn4c(=O)n(-c5ccncc5)c(=O)n4CC3)c(F)c2)C(=O)O1)C(F)F. The molecule has 1 atom stereocenters. The van der Waals surface area contributed by atoms with Gasteiger partial charge in [-0.3, -0.25) is 14.7 Å². The van der Waals surface area contributed by atoms with E-state index in [9.17, 15) is 28.0 Å². The molecule has 200 valence electrons. The highest BCUT2D eigenvalue weighted by molar-refractivity contribution is 5.90. The largest absolute Gasteiger partial charge is 0.442 e. The molecular weight excluding hydrogens is 511 g/mol. The van der Waals surface area contributed by atoms with E-state index in [1.807, 2.05) is 5.32 Å². The average molecular weight is 533 g/mol. The number of rotatable bonds is 6. The van der Waals surface area contributed by atoms with Gasteiger partial charge in [0.05, 0.1) is 43.2 Å². The fraction of sp³-hybridized carbons (Fsp3) is 0.348. The second kappa shape index (κ2) is 10.1. The zero-order valence-corrected chi connectivity index (χ0v) is 19.8. The van der Waals surface area contributed by atoms with Gasteiger partial charge in [0.2, 0.25) is 0 Å². The fourth-order valence-corrected chi connectivity index (χ4v) is 4.50. The van der Waals surface area contributed by atoms with Gasteiger partial charge < -0.3 is 15.0 Å². The molecule has 0 spiro atoms. The first-order valence-corrected chi connectivity index (χ1v) is 11.7. The number of alkyl halides is 2. The van der Waals surface area contributed by atoms with Crippen molar-refractivity contribution >= 4 is 23.4 Å². The van der Waals surface area contributed by atoms with Crippen LogP contribution in [0.4, 0.5) is 29.3 Å². The van der Waals surface area contributed by atoms with Crippen LogP contribution in [0.1, 0.15) is 0 Å². The van der Waals surface area contributed by atoms with Crippen molar-refractivity contribution in [3.05, 3.63) is 69.5 Å². The smallest absolute Gasteiger partial charge is 0.414 e. The highest BCUT2D eigenvalue weighted by Gasteiger charge is 2.34. The van der Waals surface area contributed by atoms with E-state index in [-0.39, 0.29) is 50.6 Å². The Bertz CT molecular complexity index is 1450. The van der Waals surface area contributed by atoms with Gasteiger partial charge in [-0.05, 0) is 30.3 Å². The second-order valence-electron chi connectivity index (χ2n) is 8.64. The Morgan fingerprint density at radius 2 is 1.66 bits per heavy atom. The molecule has 5 rings (SSSR count). The number of carbonyl (C=O) groups excluding carboxylic acids is 2. The number of aromatic nitrogens is 4. The predicted molar refractivity (Wildman–Crippen MR) is 127 cm³/mol. The Morgan fingerprint density at radius 1 is 1.00 bits per heavy atom. The van der Waals surface area contributed by atoms with E-state index in [0.717, 1.165) is 15.5 Å². The molecular formula is C23H22F3N7O5. The van der Waals surface area contributed by atoms with Gasteiger partial charge in [-0.15, -0.1) is 0 Å². The van der Waals surface area contributed by atoms with E-state index in [0.29, 0.717) is 5.69 Å². The number of benzene rings is 1. The summed E-state index contributed by atoms with van der Waals surface area (Å²) in [6.07, 6.45) is -1.89. The third kappa shape index (κ3) is 4.62. The topological polar surface area (TPSA) is 124 Å². The van der Waals surface area contributed by atoms with E-state index in [4.69, 9.17) is 4.74 Å². The van der Waals surface area contributed by atoms with Crippen LogP contribution in [0.2, 0.25) is 0 Å². The third-order valence-electron chi connectivity index (χ3n) is 6.36. The van der Waals surface area contributed by atoms with Crippen molar-refractivity contribution in [2.45, 2.75) is 25.6 Å². The van der Waals surface area contributed by atoms with Crippen molar-refractivity contribution < 1.29 is 27.5 Å². The summed E-state index contributed by atoms with van der Waals surface area (Å²) in [4.78, 5) is 55.9. The summed E-state index contributed by atoms with van der Waals surface area (Å²) >= 11 is 0. The molecule has 2 aromatic heterocycles. The number of anilines is 2. The standard InChI is InChI=1S/C23H22F3N7O5/c24-17-11-15(30-13-16(38-23(30)37)12-28-20(34)19(25)26)1-2-18(17)29-7-9-31-21(35)33(14-3-5-27-6-4-14)22(36)32(31)10-8-29/h1-6,11,16,19H,7-10,12-13H2,(H,28,34). The van der Waals surface area contributed by atoms with Crippen molar-refractivity contribution in [3.63, 3.8) is 0 Å². The van der Waals surface area contributed by atoms with E-state index < -0.39 is 41.7 Å². The average Bonchev–Trinajstić information content (AvgIpc) is 3.27. The maximum absolute atomic E-state index is 15.2. The minimum absolute atomic E-state index is 0.0625. The second-order valence-corrected chi connectivity index (χ2v) is 8.64. The first kappa shape index (κ1) is 25.1. The summed E-state index contributed by atoms with van der Waals surface area (Å²) in [5.41, 5.74) is -0.205. The van der Waals surface area contributed by atoms with E-state index >= 15 is 4.39 Å². The highest BCUT2D eigenvalue weighted by atomic mass is 19.3. The highest BCUT2D eigenvalue weighted by Crippen LogP contribution is 2.28. The molecule has 1 saturated heterocycles. The molecule has 1 aromatic carbocycles. The van der Waals surface area contributed by atoms with Crippen LogP contribution < -0.4 is 26.5 Å². The molecule has 1 fully saturated rings. The lowest BCUT2D eigenvalue weighted by Gasteiger charge is -2.23. The normalized spacial score (nSPS) is 17.4. The number of fused-ring (bicyclic) bond motifs is 1. The molecule has 38 heavy (non-hydrogen) atoms. The molecule has 0 aliphatic carbocycles. The summed E-state index contributed by atoms with van der Waals surface area (Å²) in [7, 11) is 0.